The van der Waals surface area contributed by atoms with Crippen LogP contribution in [0.5, 0.6) is 11.5 Å². The van der Waals surface area contributed by atoms with Gasteiger partial charge in [-0.25, -0.2) is 0 Å². The summed E-state index contributed by atoms with van der Waals surface area (Å²) in [4.78, 5) is 8.29. The molecule has 0 saturated carbocycles. The lowest BCUT2D eigenvalue weighted by atomic mass is 10.1. The summed E-state index contributed by atoms with van der Waals surface area (Å²) in [5.41, 5.74) is 1.08. The largest absolute Gasteiger partial charge is 0.504 e. The average Bonchev–Trinajstić information content (AvgIpc) is 2.36. The lowest BCUT2D eigenvalue weighted by Crippen LogP contribution is -1.85. The minimum Gasteiger partial charge on any atom is -0.504 e. The maximum absolute atomic E-state index is 11.8. The summed E-state index contributed by atoms with van der Waals surface area (Å²) in [7, 11) is 0. The highest BCUT2D eigenvalue weighted by Crippen LogP contribution is 2.40. The molecule has 0 bridgehead atoms. The van der Waals surface area contributed by atoms with Crippen LogP contribution in [-0.4, -0.2) is 15.1 Å². The Labute approximate surface area is 90.8 Å². The molecule has 0 saturated heterocycles. The van der Waals surface area contributed by atoms with Crippen LogP contribution in [-0.2, 0) is 5.11 Å². The number of hydrogen-bond donors (Lipinski definition) is 1. The molecule has 0 fully saturated rings. The van der Waals surface area contributed by atoms with Crippen LogP contribution in [0.2, 0.25) is 0 Å². The Kier molecular flexibility index (Phi) is 1.71. The Bertz CT molecular complexity index is 634. The van der Waals surface area contributed by atoms with Gasteiger partial charge in [-0.05, 0) is 24.3 Å². The van der Waals surface area contributed by atoms with Gasteiger partial charge in [-0.2, -0.15) is 0 Å². The first-order valence-corrected chi connectivity index (χ1v) is 4.80. The standard InChI is InChI=1S/C12H7N2O2/c15-11-7-3-1-5-13-9(7)10-8(12(11)16)4-2-6-14-10/h1-6,15H. The van der Waals surface area contributed by atoms with Crippen molar-refractivity contribution in [1.29, 1.82) is 0 Å². The lowest BCUT2D eigenvalue weighted by molar-refractivity contribution is 0.332. The van der Waals surface area contributed by atoms with Gasteiger partial charge < -0.3 is 5.11 Å². The smallest absolute Gasteiger partial charge is 0.230 e. The Morgan fingerprint density at radius 2 is 1.50 bits per heavy atom. The van der Waals surface area contributed by atoms with Crippen molar-refractivity contribution in [3.8, 4) is 11.5 Å². The molecular weight excluding hydrogens is 204 g/mol. The van der Waals surface area contributed by atoms with Gasteiger partial charge >= 0.3 is 0 Å². The first-order valence-electron chi connectivity index (χ1n) is 4.80. The predicted molar refractivity (Wildman–Crippen MR) is 58.8 cm³/mol. The molecule has 16 heavy (non-hydrogen) atoms. The first-order chi connectivity index (χ1) is 7.79. The Balaban J connectivity index is 2.69. The summed E-state index contributed by atoms with van der Waals surface area (Å²) in [5.74, 6) is -0.660. The number of hydrogen-bond acceptors (Lipinski definition) is 3. The summed E-state index contributed by atoms with van der Waals surface area (Å²) in [6.07, 6.45) is 3.22. The normalized spacial score (nSPS) is 11.0. The highest BCUT2D eigenvalue weighted by Gasteiger charge is 2.15. The van der Waals surface area contributed by atoms with E-state index in [1.807, 2.05) is 0 Å². The van der Waals surface area contributed by atoms with Gasteiger partial charge in [0.05, 0.1) is 5.39 Å². The van der Waals surface area contributed by atoms with Gasteiger partial charge in [0.15, 0.2) is 5.75 Å². The fraction of sp³-hybridized carbons (Fsp3) is 0. The molecule has 0 unspecified atom stereocenters. The number of rotatable bonds is 0. The summed E-state index contributed by atoms with van der Waals surface area (Å²) >= 11 is 0. The fourth-order valence-electron chi connectivity index (χ4n) is 1.81. The Morgan fingerprint density at radius 3 is 2.19 bits per heavy atom. The van der Waals surface area contributed by atoms with Crippen molar-refractivity contribution in [3.05, 3.63) is 36.7 Å². The van der Waals surface area contributed by atoms with Gasteiger partial charge in [-0.3, -0.25) is 15.1 Å². The molecule has 1 radical (unpaired) electrons. The van der Waals surface area contributed by atoms with E-state index in [1.165, 1.54) is 0 Å². The minimum atomic E-state index is -0.399. The summed E-state index contributed by atoms with van der Waals surface area (Å²) in [6.45, 7) is 0. The second-order valence-electron chi connectivity index (χ2n) is 3.48. The molecule has 0 aliphatic carbocycles. The zero-order chi connectivity index (χ0) is 11.1. The fourth-order valence-corrected chi connectivity index (χ4v) is 1.81. The van der Waals surface area contributed by atoms with Crippen molar-refractivity contribution in [1.82, 2.24) is 9.97 Å². The quantitative estimate of drug-likeness (QED) is 0.581. The van der Waals surface area contributed by atoms with Gasteiger partial charge in [-0.1, -0.05) is 0 Å². The topological polar surface area (TPSA) is 65.9 Å². The number of pyridine rings is 2. The van der Waals surface area contributed by atoms with E-state index in [9.17, 15) is 10.2 Å². The zero-order valence-corrected chi connectivity index (χ0v) is 8.21. The molecule has 2 aromatic heterocycles. The highest BCUT2D eigenvalue weighted by atomic mass is 16.3. The van der Waals surface area contributed by atoms with Crippen molar-refractivity contribution in [3.63, 3.8) is 0 Å². The third kappa shape index (κ3) is 1.04. The lowest BCUT2D eigenvalue weighted by Gasteiger charge is -2.05. The van der Waals surface area contributed by atoms with Crippen molar-refractivity contribution < 1.29 is 10.2 Å². The van der Waals surface area contributed by atoms with E-state index in [1.54, 1.807) is 36.7 Å². The van der Waals surface area contributed by atoms with Crippen LogP contribution in [0.4, 0.5) is 0 Å². The maximum Gasteiger partial charge on any atom is 0.230 e. The van der Waals surface area contributed by atoms with Crippen LogP contribution in [0.25, 0.3) is 21.8 Å². The third-order valence-electron chi connectivity index (χ3n) is 2.55. The minimum absolute atomic E-state index is 0.261. The second-order valence-corrected chi connectivity index (χ2v) is 3.48. The first kappa shape index (κ1) is 8.91. The van der Waals surface area contributed by atoms with E-state index in [0.29, 0.717) is 21.8 Å². The van der Waals surface area contributed by atoms with E-state index in [-0.39, 0.29) is 5.75 Å². The maximum atomic E-state index is 11.8. The number of phenols is 1. The monoisotopic (exact) mass is 211 g/mol. The molecule has 0 spiro atoms. The molecule has 0 aliphatic rings. The van der Waals surface area contributed by atoms with Gasteiger partial charge in [0, 0.05) is 17.8 Å². The van der Waals surface area contributed by atoms with Crippen LogP contribution in [0, 0.1) is 0 Å². The van der Waals surface area contributed by atoms with Gasteiger partial charge in [0.1, 0.15) is 11.0 Å². The number of aromatic nitrogens is 2. The van der Waals surface area contributed by atoms with E-state index >= 15 is 0 Å². The van der Waals surface area contributed by atoms with Crippen molar-refractivity contribution in [2.45, 2.75) is 0 Å². The number of benzene rings is 1. The van der Waals surface area contributed by atoms with Crippen LogP contribution in [0.15, 0.2) is 36.7 Å². The van der Waals surface area contributed by atoms with Crippen LogP contribution in [0.1, 0.15) is 0 Å². The molecule has 3 aromatic rings. The molecule has 1 aromatic carbocycles. The molecule has 77 valence electrons. The molecule has 4 heteroatoms. The number of fused-ring (bicyclic) bond motifs is 3. The SMILES string of the molecule is [O]c1c(O)c2cccnc2c2ncccc12. The molecule has 0 atom stereocenters. The average molecular weight is 211 g/mol. The zero-order valence-electron chi connectivity index (χ0n) is 8.21. The Hall–Kier alpha value is -2.36. The van der Waals surface area contributed by atoms with Crippen LogP contribution in [0.3, 0.4) is 0 Å². The number of phenolic OH excluding ortho intramolecular Hbond substituents is 1. The van der Waals surface area contributed by atoms with Gasteiger partial charge in [0.25, 0.3) is 0 Å². The van der Waals surface area contributed by atoms with E-state index in [0.717, 1.165) is 0 Å². The molecule has 2 heterocycles. The summed E-state index contributed by atoms with van der Waals surface area (Å²) in [5, 5.41) is 22.4. The van der Waals surface area contributed by atoms with E-state index < -0.39 is 5.75 Å². The Morgan fingerprint density at radius 1 is 0.938 bits per heavy atom. The third-order valence-corrected chi connectivity index (χ3v) is 2.55. The summed E-state index contributed by atoms with van der Waals surface area (Å²) in [6, 6.07) is 6.64. The number of nitrogens with zero attached hydrogens (tertiary/aromatic N) is 2. The summed E-state index contributed by atoms with van der Waals surface area (Å²) < 4.78 is 0. The number of aromatic hydroxyl groups is 1. The van der Waals surface area contributed by atoms with Crippen molar-refractivity contribution >= 4 is 21.8 Å². The van der Waals surface area contributed by atoms with Gasteiger partial charge in [0.2, 0.25) is 5.75 Å². The molecule has 0 amide bonds. The van der Waals surface area contributed by atoms with Crippen molar-refractivity contribution in [2.24, 2.45) is 0 Å². The van der Waals surface area contributed by atoms with Crippen molar-refractivity contribution in [2.75, 3.05) is 0 Å². The molecule has 1 N–H and O–H groups in total. The predicted octanol–water partition coefficient (Wildman–Crippen LogP) is 2.63. The van der Waals surface area contributed by atoms with E-state index in [2.05, 4.69) is 9.97 Å². The van der Waals surface area contributed by atoms with Gasteiger partial charge in [-0.15, -0.1) is 0 Å². The molecular formula is C12H7N2O2. The highest BCUT2D eigenvalue weighted by molar-refractivity contribution is 6.09. The van der Waals surface area contributed by atoms with E-state index in [4.69, 9.17) is 0 Å². The van der Waals surface area contributed by atoms with Crippen LogP contribution >= 0.6 is 0 Å². The molecule has 0 aliphatic heterocycles. The molecule has 4 nitrogen and oxygen atoms in total. The molecule has 3 rings (SSSR count). The second kappa shape index (κ2) is 3.06. The van der Waals surface area contributed by atoms with Crippen LogP contribution < -0.4 is 0 Å².